The number of carbonyl (C=O) groups excluding carboxylic acids is 1. The van der Waals surface area contributed by atoms with Crippen molar-refractivity contribution in [2.75, 3.05) is 0 Å². The van der Waals surface area contributed by atoms with Gasteiger partial charge in [0.1, 0.15) is 6.04 Å². The van der Waals surface area contributed by atoms with Gasteiger partial charge in [-0.15, -0.1) is 0 Å². The Hall–Kier alpha value is -2.38. The highest BCUT2D eigenvalue weighted by atomic mass is 16.4. The van der Waals surface area contributed by atoms with E-state index < -0.39 is 23.3 Å². The lowest BCUT2D eigenvalue weighted by molar-refractivity contribution is -0.142. The fourth-order valence-corrected chi connectivity index (χ4v) is 1.77. The monoisotopic (exact) mass is 297 g/mol. The third-order valence-electron chi connectivity index (χ3n) is 2.92. The number of rotatable bonds is 8. The van der Waals surface area contributed by atoms with Crippen molar-refractivity contribution in [3.63, 3.8) is 0 Å². The molecule has 1 rings (SSSR count). The number of hydrogen-bond acceptors (Lipinski definition) is 4. The summed E-state index contributed by atoms with van der Waals surface area (Å²) in [5.74, 6) is -1.61. The number of nitrogens with one attached hydrogen (secondary N) is 2. The molecule has 1 amide bonds. The zero-order chi connectivity index (χ0) is 15.8. The summed E-state index contributed by atoms with van der Waals surface area (Å²) >= 11 is 0. The van der Waals surface area contributed by atoms with Crippen LogP contribution in [-0.2, 0) is 16.1 Å². The Morgan fingerprint density at radius 1 is 1.38 bits per heavy atom. The fourth-order valence-electron chi connectivity index (χ4n) is 1.77. The maximum Gasteiger partial charge on any atom is 0.328 e. The third-order valence-corrected chi connectivity index (χ3v) is 2.92. The first kappa shape index (κ1) is 16.7. The summed E-state index contributed by atoms with van der Waals surface area (Å²) in [5.41, 5.74) is -1.28. The Labute approximate surface area is 120 Å². The van der Waals surface area contributed by atoms with E-state index in [1.807, 2.05) is 11.9 Å². The minimum atomic E-state index is -1.24. The lowest BCUT2D eigenvalue weighted by Crippen LogP contribution is -2.46. The fraction of sp³-hybridized carbons (Fsp3) is 0.538. The molecule has 0 radical (unpaired) electrons. The summed E-state index contributed by atoms with van der Waals surface area (Å²) in [5, 5.41) is 11.5. The van der Waals surface area contributed by atoms with Crippen LogP contribution in [0.3, 0.4) is 0 Å². The van der Waals surface area contributed by atoms with Crippen molar-refractivity contribution in [1.29, 1.82) is 0 Å². The standard InChI is InChI=1S/C13H19N3O5/c1-2-3-4-5-10(17)14-9(12(19)20)8-16-7-6-11(18)15-13(16)21/h6-7,9H,2-5,8H2,1H3,(H,14,17)(H,19,20)(H,15,18,21). The lowest BCUT2D eigenvalue weighted by Gasteiger charge is -2.15. The molecule has 0 spiro atoms. The van der Waals surface area contributed by atoms with E-state index in [2.05, 4.69) is 5.32 Å². The summed E-state index contributed by atoms with van der Waals surface area (Å²) in [6, 6.07) is -0.105. The molecule has 0 fully saturated rings. The Balaban J connectivity index is 2.70. The summed E-state index contributed by atoms with van der Waals surface area (Å²) in [6.45, 7) is 1.75. The number of aliphatic carboxylic acids is 1. The number of aromatic amines is 1. The van der Waals surface area contributed by atoms with Crippen molar-refractivity contribution >= 4 is 11.9 Å². The highest BCUT2D eigenvalue weighted by Gasteiger charge is 2.20. The average molecular weight is 297 g/mol. The molecule has 0 aliphatic rings. The molecule has 1 unspecified atom stereocenters. The molecule has 1 atom stereocenters. The van der Waals surface area contributed by atoms with E-state index >= 15 is 0 Å². The number of nitrogens with zero attached hydrogens (tertiary/aromatic N) is 1. The highest BCUT2D eigenvalue weighted by molar-refractivity contribution is 5.83. The molecular weight excluding hydrogens is 278 g/mol. The number of carboxylic acid groups (broad SMARTS) is 1. The van der Waals surface area contributed by atoms with Crippen LogP contribution in [0.5, 0.6) is 0 Å². The molecule has 0 saturated carbocycles. The van der Waals surface area contributed by atoms with E-state index in [9.17, 15) is 19.2 Å². The lowest BCUT2D eigenvalue weighted by atomic mass is 10.2. The molecule has 3 N–H and O–H groups in total. The van der Waals surface area contributed by atoms with Crippen LogP contribution in [0.15, 0.2) is 21.9 Å². The van der Waals surface area contributed by atoms with E-state index in [1.54, 1.807) is 0 Å². The van der Waals surface area contributed by atoms with E-state index in [-0.39, 0.29) is 18.9 Å². The van der Waals surface area contributed by atoms with Gasteiger partial charge in [-0.2, -0.15) is 0 Å². The molecule has 1 aromatic heterocycles. The van der Waals surface area contributed by atoms with Crippen LogP contribution in [0.25, 0.3) is 0 Å². The molecule has 8 heteroatoms. The minimum Gasteiger partial charge on any atom is -0.480 e. The van der Waals surface area contributed by atoms with Crippen molar-refractivity contribution in [3.05, 3.63) is 33.1 Å². The molecule has 0 saturated heterocycles. The second-order valence-corrected chi connectivity index (χ2v) is 4.68. The predicted molar refractivity (Wildman–Crippen MR) is 75.0 cm³/mol. The zero-order valence-corrected chi connectivity index (χ0v) is 11.8. The number of carbonyl (C=O) groups is 2. The van der Waals surface area contributed by atoms with Gasteiger partial charge >= 0.3 is 11.7 Å². The van der Waals surface area contributed by atoms with Gasteiger partial charge in [-0.1, -0.05) is 19.8 Å². The van der Waals surface area contributed by atoms with E-state index in [1.165, 1.54) is 6.20 Å². The first-order valence-electron chi connectivity index (χ1n) is 6.76. The van der Waals surface area contributed by atoms with Gasteiger partial charge in [0, 0.05) is 18.7 Å². The summed E-state index contributed by atoms with van der Waals surface area (Å²) in [6.07, 6.45) is 3.98. The molecule has 1 heterocycles. The van der Waals surface area contributed by atoms with Crippen LogP contribution in [0, 0.1) is 0 Å². The molecule has 1 aromatic rings. The van der Waals surface area contributed by atoms with E-state index in [4.69, 9.17) is 5.11 Å². The van der Waals surface area contributed by atoms with Crippen LogP contribution in [0.2, 0.25) is 0 Å². The maximum atomic E-state index is 11.6. The smallest absolute Gasteiger partial charge is 0.328 e. The SMILES string of the molecule is CCCCCC(=O)NC(Cn1ccc(=O)[nH]c1=O)C(=O)O. The Bertz CT molecular complexity index is 604. The van der Waals surface area contributed by atoms with Crippen molar-refractivity contribution < 1.29 is 14.7 Å². The summed E-state index contributed by atoms with van der Waals surface area (Å²) < 4.78 is 1.03. The number of unbranched alkanes of at least 4 members (excludes halogenated alkanes) is 2. The van der Waals surface area contributed by atoms with Gasteiger partial charge in [-0.3, -0.25) is 19.1 Å². The summed E-state index contributed by atoms with van der Waals surface area (Å²) in [7, 11) is 0. The molecule has 0 aliphatic heterocycles. The molecule has 8 nitrogen and oxygen atoms in total. The molecule has 0 bridgehead atoms. The van der Waals surface area contributed by atoms with Crippen LogP contribution in [0.4, 0.5) is 0 Å². The van der Waals surface area contributed by atoms with Crippen molar-refractivity contribution in [3.8, 4) is 0 Å². The van der Waals surface area contributed by atoms with Gasteiger partial charge in [-0.05, 0) is 6.42 Å². The van der Waals surface area contributed by atoms with Crippen LogP contribution in [-0.4, -0.2) is 32.6 Å². The molecule has 116 valence electrons. The predicted octanol–water partition coefficient (Wildman–Crippen LogP) is -0.314. The van der Waals surface area contributed by atoms with Crippen LogP contribution >= 0.6 is 0 Å². The quantitative estimate of drug-likeness (QED) is 0.568. The van der Waals surface area contributed by atoms with Crippen molar-refractivity contribution in [1.82, 2.24) is 14.9 Å². The number of carboxylic acids is 1. The highest BCUT2D eigenvalue weighted by Crippen LogP contribution is 1.99. The molecule has 21 heavy (non-hydrogen) atoms. The average Bonchev–Trinajstić information content (AvgIpc) is 2.41. The van der Waals surface area contributed by atoms with E-state index in [0.717, 1.165) is 23.5 Å². The van der Waals surface area contributed by atoms with E-state index in [0.29, 0.717) is 6.42 Å². The van der Waals surface area contributed by atoms with Gasteiger partial charge in [-0.25, -0.2) is 9.59 Å². The number of amides is 1. The first-order chi connectivity index (χ1) is 9.93. The third kappa shape index (κ3) is 5.64. The van der Waals surface area contributed by atoms with Gasteiger partial charge in [0.25, 0.3) is 5.56 Å². The molecular formula is C13H19N3O5. The molecule has 0 aromatic carbocycles. The van der Waals surface area contributed by atoms with Gasteiger partial charge in [0.2, 0.25) is 5.91 Å². The Kier molecular flexibility index (Phi) is 6.38. The summed E-state index contributed by atoms with van der Waals surface area (Å²) in [4.78, 5) is 47.2. The van der Waals surface area contributed by atoms with Crippen LogP contribution < -0.4 is 16.6 Å². The normalized spacial score (nSPS) is 11.9. The number of aromatic nitrogens is 2. The number of hydrogen-bond donors (Lipinski definition) is 3. The maximum absolute atomic E-state index is 11.6. The minimum absolute atomic E-state index is 0.246. The molecule has 0 aliphatic carbocycles. The topological polar surface area (TPSA) is 121 Å². The van der Waals surface area contributed by atoms with Gasteiger partial charge < -0.3 is 10.4 Å². The Morgan fingerprint density at radius 2 is 2.10 bits per heavy atom. The van der Waals surface area contributed by atoms with Crippen molar-refractivity contribution in [2.24, 2.45) is 0 Å². The largest absolute Gasteiger partial charge is 0.480 e. The van der Waals surface area contributed by atoms with Gasteiger partial charge in [0.05, 0.1) is 6.54 Å². The Morgan fingerprint density at radius 3 is 2.67 bits per heavy atom. The van der Waals surface area contributed by atoms with Crippen LogP contribution in [0.1, 0.15) is 32.6 Å². The van der Waals surface area contributed by atoms with Crippen molar-refractivity contribution in [2.45, 2.75) is 45.2 Å². The van der Waals surface area contributed by atoms with Gasteiger partial charge in [0.15, 0.2) is 0 Å². The zero-order valence-electron chi connectivity index (χ0n) is 11.8. The first-order valence-corrected chi connectivity index (χ1v) is 6.76. The number of H-pyrrole nitrogens is 1. The second-order valence-electron chi connectivity index (χ2n) is 4.68. The second kappa shape index (κ2) is 8.03.